The van der Waals surface area contributed by atoms with Crippen LogP contribution in [-0.4, -0.2) is 28.6 Å². The van der Waals surface area contributed by atoms with Crippen molar-refractivity contribution < 1.29 is 54.8 Å². The Morgan fingerprint density at radius 2 is 1.91 bits per heavy atom. The number of nitrogens with two attached hydrogens (primary N) is 1. The molecule has 6 nitrogen and oxygen atoms in total. The molecule has 0 heterocycles. The molecule has 0 amide bonds. The molecule has 0 aromatic heterocycles. The molecule has 0 spiro atoms. The summed E-state index contributed by atoms with van der Waals surface area (Å²) < 4.78 is 0. The van der Waals surface area contributed by atoms with E-state index in [1.54, 1.807) is 0 Å². The Balaban J connectivity index is -0.000000320. The van der Waals surface area contributed by atoms with Crippen LogP contribution in [0.3, 0.4) is 0 Å². The van der Waals surface area contributed by atoms with E-state index >= 15 is 0 Å². The van der Waals surface area contributed by atoms with Gasteiger partial charge in [0.1, 0.15) is 0 Å². The van der Waals surface area contributed by atoms with Crippen LogP contribution in [0.2, 0.25) is 0 Å². The van der Waals surface area contributed by atoms with Gasteiger partial charge in [-0.3, -0.25) is 4.79 Å². The van der Waals surface area contributed by atoms with Gasteiger partial charge in [-0.1, -0.05) is 0 Å². The number of rotatable bonds is 3. The Kier molecular flexibility index (Phi) is 12.4. The number of aliphatic carboxylic acids is 2. The summed E-state index contributed by atoms with van der Waals surface area (Å²) in [5, 5.41) is 17.7. The first-order valence-corrected chi connectivity index (χ1v) is 2.22. The molecule has 0 aromatic rings. The summed E-state index contributed by atoms with van der Waals surface area (Å²) >= 11 is 0. The number of hydrogen-bond donors (Lipinski definition) is 2. The Morgan fingerprint density at radius 1 is 1.55 bits per heavy atom. The average molecular weight is 173 g/mol. The predicted molar refractivity (Wildman–Crippen MR) is 28.8 cm³/mol. The van der Waals surface area contributed by atoms with Gasteiger partial charge in [0.05, 0.1) is 18.4 Å². The number of hydrogen-bond acceptors (Lipinski definition) is 4. The van der Waals surface area contributed by atoms with Crippen LogP contribution in [-0.2, 0) is 9.59 Å². The van der Waals surface area contributed by atoms with Gasteiger partial charge in [0.15, 0.2) is 0 Å². The molecule has 60 valence electrons. The third kappa shape index (κ3) is 9.86. The monoisotopic (exact) mass is 173 g/mol. The van der Waals surface area contributed by atoms with Crippen LogP contribution < -0.4 is 40.4 Å². The van der Waals surface area contributed by atoms with E-state index in [1.807, 2.05) is 0 Å². The van der Waals surface area contributed by atoms with Gasteiger partial charge in [-0.15, -0.1) is 0 Å². The molecule has 11 heavy (non-hydrogen) atoms. The Morgan fingerprint density at radius 3 is 2.00 bits per heavy atom. The maximum Gasteiger partial charge on any atom is 1.00 e. The molecular weight excluding hydrogens is 165 g/mol. The first-order chi connectivity index (χ1) is 4.04. The molecule has 0 bridgehead atoms. The molecule has 0 aliphatic heterocycles. The number of carbonyl (C=O) groups is 2. The fraction of sp³-hybridized carbons (Fsp3) is 0.500. The molecule has 0 fully saturated rings. The normalized spacial score (nSPS) is 10.3. The average Bonchev–Trinajstić information content (AvgIpc) is 1.63. The van der Waals surface area contributed by atoms with Gasteiger partial charge < -0.3 is 26.2 Å². The summed E-state index contributed by atoms with van der Waals surface area (Å²) in [5.74, 6) is -2.79. The molecule has 0 unspecified atom stereocenters. The summed E-state index contributed by atoms with van der Waals surface area (Å²) in [4.78, 5) is 19.5. The predicted octanol–water partition coefficient (Wildman–Crippen LogP) is -6.28. The van der Waals surface area contributed by atoms with E-state index in [9.17, 15) is 14.7 Å². The largest absolute Gasteiger partial charge is 1.00 e. The Bertz CT molecular complexity index is 138. The first kappa shape index (κ1) is 17.1. The standard InChI is InChI=1S/C4H7NO4.Na.H2O/c5-2(4(8)9)1-3(6)7;;/h2H,1,5H2,(H,6,7)(H,8,9);;1H2/q;+1;/p-1/t2-;;/m0../s1. The SMILES string of the molecule is N[C@@H](CC(=O)O)C(=O)[O-].O.[Na+]. The van der Waals surface area contributed by atoms with E-state index in [4.69, 9.17) is 10.8 Å². The molecule has 0 radical (unpaired) electrons. The zero-order valence-electron chi connectivity index (χ0n) is 6.03. The smallest absolute Gasteiger partial charge is 0.548 e. The molecule has 0 rings (SSSR count). The van der Waals surface area contributed by atoms with Crippen LogP contribution in [0, 0.1) is 0 Å². The van der Waals surface area contributed by atoms with Crippen LogP contribution in [0.5, 0.6) is 0 Å². The van der Waals surface area contributed by atoms with Crippen LogP contribution >= 0.6 is 0 Å². The second-order valence-electron chi connectivity index (χ2n) is 1.52. The topological polar surface area (TPSA) is 135 Å². The molecule has 0 aliphatic carbocycles. The molecule has 5 N–H and O–H groups in total. The summed E-state index contributed by atoms with van der Waals surface area (Å²) in [6.45, 7) is 0. The fourth-order valence-electron chi connectivity index (χ4n) is 0.271. The molecule has 7 heteroatoms. The van der Waals surface area contributed by atoms with Gasteiger partial charge in [0, 0.05) is 0 Å². The fourth-order valence-corrected chi connectivity index (χ4v) is 0.271. The zero-order valence-corrected chi connectivity index (χ0v) is 8.03. The van der Waals surface area contributed by atoms with Crippen molar-refractivity contribution in [2.24, 2.45) is 5.73 Å². The van der Waals surface area contributed by atoms with E-state index in [1.165, 1.54) is 0 Å². The molecule has 0 aromatic carbocycles. The second-order valence-corrected chi connectivity index (χ2v) is 1.52. The van der Waals surface area contributed by atoms with Crippen LogP contribution in [0.1, 0.15) is 6.42 Å². The van der Waals surface area contributed by atoms with Gasteiger partial charge in [0.25, 0.3) is 0 Å². The quantitative estimate of drug-likeness (QED) is 0.409. The van der Waals surface area contributed by atoms with E-state index in [2.05, 4.69) is 0 Å². The molecule has 0 aliphatic rings. The van der Waals surface area contributed by atoms with Crippen molar-refractivity contribution in [2.45, 2.75) is 12.5 Å². The Hall–Kier alpha value is -0.140. The zero-order chi connectivity index (χ0) is 7.44. The van der Waals surface area contributed by atoms with Crippen molar-refractivity contribution in [1.29, 1.82) is 0 Å². The molecule has 1 atom stereocenters. The van der Waals surface area contributed by atoms with Crippen molar-refractivity contribution in [2.75, 3.05) is 0 Å². The minimum absolute atomic E-state index is 0. The maximum absolute atomic E-state index is 9.74. The van der Waals surface area contributed by atoms with Crippen LogP contribution in [0.15, 0.2) is 0 Å². The minimum Gasteiger partial charge on any atom is -0.548 e. The van der Waals surface area contributed by atoms with Crippen LogP contribution in [0.25, 0.3) is 0 Å². The summed E-state index contributed by atoms with van der Waals surface area (Å²) in [6, 6.07) is -1.40. The van der Waals surface area contributed by atoms with E-state index < -0.39 is 24.4 Å². The van der Waals surface area contributed by atoms with Gasteiger partial charge in [-0.05, 0) is 0 Å². The summed E-state index contributed by atoms with van der Waals surface area (Å²) in [5.41, 5.74) is 4.77. The number of carboxylic acid groups (broad SMARTS) is 2. The van der Waals surface area contributed by atoms with Gasteiger partial charge in [-0.2, -0.15) is 0 Å². The van der Waals surface area contributed by atoms with E-state index in [-0.39, 0.29) is 35.0 Å². The summed E-state index contributed by atoms with van der Waals surface area (Å²) in [6.07, 6.45) is -0.595. The molecular formula is C4H8NNaO5. The third-order valence-electron chi connectivity index (χ3n) is 0.697. The van der Waals surface area contributed by atoms with Gasteiger partial charge in [-0.25, -0.2) is 0 Å². The van der Waals surface area contributed by atoms with E-state index in [0.717, 1.165) is 0 Å². The Labute approximate surface area is 85.0 Å². The maximum atomic E-state index is 9.74. The van der Waals surface area contributed by atoms with Crippen molar-refractivity contribution in [3.05, 3.63) is 0 Å². The summed E-state index contributed by atoms with van der Waals surface area (Å²) in [7, 11) is 0. The van der Waals surface area contributed by atoms with Gasteiger partial charge in [0.2, 0.25) is 0 Å². The molecule has 0 saturated carbocycles. The third-order valence-corrected chi connectivity index (χ3v) is 0.697. The molecule has 0 saturated heterocycles. The van der Waals surface area contributed by atoms with Crippen molar-refractivity contribution in [3.8, 4) is 0 Å². The van der Waals surface area contributed by atoms with Gasteiger partial charge >= 0.3 is 35.5 Å². The van der Waals surface area contributed by atoms with Crippen LogP contribution in [0.4, 0.5) is 0 Å². The van der Waals surface area contributed by atoms with Crippen molar-refractivity contribution in [3.63, 3.8) is 0 Å². The second kappa shape index (κ2) is 7.96. The van der Waals surface area contributed by atoms with Crippen molar-refractivity contribution >= 4 is 11.9 Å². The number of carboxylic acids is 2. The number of carbonyl (C=O) groups excluding carboxylic acids is 1. The first-order valence-electron chi connectivity index (χ1n) is 2.22. The minimum atomic E-state index is -1.54. The van der Waals surface area contributed by atoms with Crippen molar-refractivity contribution in [1.82, 2.24) is 0 Å². The van der Waals surface area contributed by atoms with E-state index in [0.29, 0.717) is 0 Å².